The number of allylic oxidation sites excluding steroid dienone is 1. The molecule has 2 aromatic rings. The molecule has 1 aromatic heterocycles. The van der Waals surface area contributed by atoms with Crippen molar-refractivity contribution >= 4 is 27.3 Å². The number of aliphatic hydroxyl groups excluding tert-OH is 1. The van der Waals surface area contributed by atoms with Gasteiger partial charge in [0.15, 0.2) is 5.76 Å². The minimum atomic E-state index is -3.85. The summed E-state index contributed by atoms with van der Waals surface area (Å²) in [6.45, 7) is -0.347. The average molecular weight is 537 g/mol. The number of aliphatic hydroxyl groups is 1. The van der Waals surface area contributed by atoms with Gasteiger partial charge in [0.1, 0.15) is 5.75 Å². The van der Waals surface area contributed by atoms with Crippen LogP contribution >= 0.6 is 11.3 Å². The second-order valence-electron chi connectivity index (χ2n) is 8.71. The maximum Gasteiger partial charge on any atom is 0.286 e. The van der Waals surface area contributed by atoms with Crippen LogP contribution in [-0.2, 0) is 24.3 Å². The van der Waals surface area contributed by atoms with Gasteiger partial charge in [0.25, 0.3) is 5.91 Å². The van der Waals surface area contributed by atoms with E-state index in [1.165, 1.54) is 23.5 Å². The van der Waals surface area contributed by atoms with E-state index < -0.39 is 16.3 Å². The first-order valence-corrected chi connectivity index (χ1v) is 14.3. The summed E-state index contributed by atoms with van der Waals surface area (Å²) in [5.74, 6) is 0.488. The SMILES string of the molecule is COc1ccc(S(=O)(=O)N(CCO)CCO[C@@H]2C[C@H](c3cccs3)C=C(C(=O)NC3CCC3)O2)cc1. The summed E-state index contributed by atoms with van der Waals surface area (Å²) in [6, 6.07) is 10.2. The molecule has 36 heavy (non-hydrogen) atoms. The van der Waals surface area contributed by atoms with Gasteiger partial charge in [-0.25, -0.2) is 8.42 Å². The van der Waals surface area contributed by atoms with Crippen molar-refractivity contribution in [1.29, 1.82) is 0 Å². The van der Waals surface area contributed by atoms with Crippen molar-refractivity contribution in [1.82, 2.24) is 9.62 Å². The Labute approximate surface area is 215 Å². The van der Waals surface area contributed by atoms with E-state index in [0.717, 1.165) is 24.1 Å². The summed E-state index contributed by atoms with van der Waals surface area (Å²) < 4.78 is 44.3. The van der Waals surface area contributed by atoms with E-state index in [9.17, 15) is 18.3 Å². The molecule has 0 spiro atoms. The fourth-order valence-electron chi connectivity index (χ4n) is 4.07. The molecule has 2 N–H and O–H groups in total. The number of ether oxygens (including phenoxy) is 3. The molecule has 1 aliphatic heterocycles. The lowest BCUT2D eigenvalue weighted by Crippen LogP contribution is -2.42. The molecule has 0 bridgehead atoms. The van der Waals surface area contributed by atoms with Gasteiger partial charge in [0.2, 0.25) is 16.3 Å². The highest BCUT2D eigenvalue weighted by Gasteiger charge is 2.31. The number of nitrogens with one attached hydrogen (secondary N) is 1. The lowest BCUT2D eigenvalue weighted by atomic mass is 9.93. The van der Waals surface area contributed by atoms with Gasteiger partial charge in [-0.1, -0.05) is 6.07 Å². The monoisotopic (exact) mass is 536 g/mol. The Morgan fingerprint density at radius 2 is 2.00 bits per heavy atom. The van der Waals surface area contributed by atoms with Crippen LogP contribution in [-0.4, -0.2) is 69.5 Å². The van der Waals surface area contributed by atoms with Gasteiger partial charge in [0, 0.05) is 36.3 Å². The van der Waals surface area contributed by atoms with E-state index in [1.54, 1.807) is 23.5 Å². The van der Waals surface area contributed by atoms with Crippen LogP contribution in [0.25, 0.3) is 0 Å². The van der Waals surface area contributed by atoms with Gasteiger partial charge < -0.3 is 24.6 Å². The first-order valence-electron chi connectivity index (χ1n) is 12.0. The normalized spacial score (nSPS) is 20.4. The van der Waals surface area contributed by atoms with Crippen LogP contribution in [0.3, 0.4) is 0 Å². The topological polar surface area (TPSA) is 114 Å². The van der Waals surface area contributed by atoms with E-state index in [4.69, 9.17) is 14.2 Å². The molecule has 0 unspecified atom stereocenters. The highest BCUT2D eigenvalue weighted by Crippen LogP contribution is 2.34. The maximum absolute atomic E-state index is 13.1. The molecular formula is C25H32N2O7S2. The molecule has 4 rings (SSSR count). The number of benzene rings is 1. The number of sulfonamides is 1. The first kappa shape index (κ1) is 26.6. The van der Waals surface area contributed by atoms with Crippen molar-refractivity contribution in [2.75, 3.05) is 33.4 Å². The van der Waals surface area contributed by atoms with Crippen molar-refractivity contribution in [3.63, 3.8) is 0 Å². The largest absolute Gasteiger partial charge is 0.497 e. The average Bonchev–Trinajstić information content (AvgIpc) is 3.40. The molecular weight excluding hydrogens is 504 g/mol. The molecule has 196 valence electrons. The molecule has 2 atom stereocenters. The first-order chi connectivity index (χ1) is 17.4. The van der Waals surface area contributed by atoms with Crippen molar-refractivity contribution < 1.29 is 32.5 Å². The molecule has 2 aliphatic rings. The number of carbonyl (C=O) groups is 1. The predicted molar refractivity (Wildman–Crippen MR) is 135 cm³/mol. The van der Waals surface area contributed by atoms with Gasteiger partial charge in [-0.2, -0.15) is 4.31 Å². The standard InChI is InChI=1S/C25H32N2O7S2/c1-32-20-7-9-21(10-8-20)36(30,31)27(11-13-28)12-14-33-24-17-18(23-6-3-15-35-23)16-22(34-24)25(29)26-19-4-2-5-19/h3,6-10,15-16,18-19,24,28H,2,4-5,11-14,17H2,1H3,(H,26,29)/t18-,24+/m1/s1. The quantitative estimate of drug-likeness (QED) is 0.429. The van der Waals surface area contributed by atoms with E-state index in [-0.39, 0.29) is 54.8 Å². The van der Waals surface area contributed by atoms with E-state index in [0.29, 0.717) is 12.2 Å². The van der Waals surface area contributed by atoms with Gasteiger partial charge in [-0.15, -0.1) is 11.3 Å². The molecule has 1 aliphatic carbocycles. The third-order valence-corrected chi connectivity index (χ3v) is 9.24. The maximum atomic E-state index is 13.1. The second kappa shape index (κ2) is 12.2. The zero-order valence-electron chi connectivity index (χ0n) is 20.2. The summed E-state index contributed by atoms with van der Waals surface area (Å²) in [7, 11) is -2.34. The molecule has 11 heteroatoms. The highest BCUT2D eigenvalue weighted by molar-refractivity contribution is 7.89. The number of methoxy groups -OCH3 is 1. The molecule has 1 amide bonds. The van der Waals surface area contributed by atoms with Crippen LogP contribution in [0.4, 0.5) is 0 Å². The number of hydrogen-bond donors (Lipinski definition) is 2. The summed E-state index contributed by atoms with van der Waals surface area (Å²) >= 11 is 1.60. The smallest absolute Gasteiger partial charge is 0.286 e. The number of carbonyl (C=O) groups excluding carboxylic acids is 1. The fourth-order valence-corrected chi connectivity index (χ4v) is 6.30. The number of hydrogen-bond acceptors (Lipinski definition) is 8. The Hall–Kier alpha value is -2.44. The van der Waals surface area contributed by atoms with Gasteiger partial charge in [-0.05, 0) is 61.1 Å². The molecule has 1 fully saturated rings. The van der Waals surface area contributed by atoms with E-state index in [2.05, 4.69) is 5.32 Å². The van der Waals surface area contributed by atoms with Crippen molar-refractivity contribution in [2.45, 2.75) is 48.8 Å². The second-order valence-corrected chi connectivity index (χ2v) is 11.6. The van der Waals surface area contributed by atoms with E-state index >= 15 is 0 Å². The Morgan fingerprint density at radius 3 is 2.61 bits per heavy atom. The van der Waals surface area contributed by atoms with Crippen LogP contribution in [0.5, 0.6) is 5.75 Å². The molecule has 2 heterocycles. The minimum Gasteiger partial charge on any atom is -0.497 e. The number of nitrogens with zero attached hydrogens (tertiary/aromatic N) is 1. The van der Waals surface area contributed by atoms with Crippen molar-refractivity contribution in [2.24, 2.45) is 0 Å². The lowest BCUT2D eigenvalue weighted by molar-refractivity contribution is -0.147. The molecule has 0 saturated heterocycles. The molecule has 0 radical (unpaired) electrons. The van der Waals surface area contributed by atoms with Gasteiger partial charge in [0.05, 0.1) is 25.2 Å². The zero-order chi connectivity index (χ0) is 25.5. The Balaban J connectivity index is 1.40. The Bertz CT molecular complexity index is 1130. The Kier molecular flexibility index (Phi) is 9.02. The summed E-state index contributed by atoms with van der Waals surface area (Å²) in [5, 5.41) is 14.5. The van der Waals surface area contributed by atoms with Crippen molar-refractivity contribution in [3.05, 3.63) is 58.5 Å². The van der Waals surface area contributed by atoms with Gasteiger partial charge in [-0.3, -0.25) is 4.79 Å². The van der Waals surface area contributed by atoms with Crippen LogP contribution in [0.2, 0.25) is 0 Å². The molecule has 1 saturated carbocycles. The number of rotatable bonds is 12. The summed E-state index contributed by atoms with van der Waals surface area (Å²) in [4.78, 5) is 14.0. The number of thiophene rings is 1. The molecule has 1 aromatic carbocycles. The number of amides is 1. The molecule has 9 nitrogen and oxygen atoms in total. The third kappa shape index (κ3) is 6.46. The zero-order valence-corrected chi connectivity index (χ0v) is 21.8. The van der Waals surface area contributed by atoms with Gasteiger partial charge >= 0.3 is 0 Å². The van der Waals surface area contributed by atoms with Crippen molar-refractivity contribution in [3.8, 4) is 5.75 Å². The Morgan fingerprint density at radius 1 is 1.22 bits per heavy atom. The predicted octanol–water partition coefficient (Wildman–Crippen LogP) is 2.84. The van der Waals surface area contributed by atoms with Crippen LogP contribution < -0.4 is 10.1 Å². The highest BCUT2D eigenvalue weighted by atomic mass is 32.2. The third-order valence-electron chi connectivity index (χ3n) is 6.32. The van der Waals surface area contributed by atoms with Crippen LogP contribution in [0.15, 0.2) is 58.5 Å². The summed E-state index contributed by atoms with van der Waals surface area (Å²) in [5.41, 5.74) is 0. The van der Waals surface area contributed by atoms with Crippen LogP contribution in [0, 0.1) is 0 Å². The van der Waals surface area contributed by atoms with E-state index in [1.807, 2.05) is 23.6 Å². The fraction of sp³-hybridized carbons (Fsp3) is 0.480. The summed E-state index contributed by atoms with van der Waals surface area (Å²) in [6.07, 6.45) is 4.69. The minimum absolute atomic E-state index is 0.0196. The van der Waals surface area contributed by atoms with Crippen LogP contribution in [0.1, 0.15) is 36.5 Å². The lowest BCUT2D eigenvalue weighted by Gasteiger charge is -2.31.